The zero-order chi connectivity index (χ0) is 19.9. The highest BCUT2D eigenvalue weighted by Crippen LogP contribution is 2.17. The molecule has 0 radical (unpaired) electrons. The van der Waals surface area contributed by atoms with Gasteiger partial charge in [0.1, 0.15) is 19.0 Å². The number of nitrogens with one attached hydrogen (secondary N) is 2. The molecule has 0 atom stereocenters. The number of anilines is 1. The Hall–Kier alpha value is -2.14. The summed E-state index contributed by atoms with van der Waals surface area (Å²) in [5.74, 6) is -0.433. The van der Waals surface area contributed by atoms with Crippen LogP contribution in [0.25, 0.3) is 0 Å². The van der Waals surface area contributed by atoms with E-state index >= 15 is 0 Å². The number of rotatable bonds is 6. The molecule has 1 amide bonds. The molecule has 1 aliphatic heterocycles. The fourth-order valence-electron chi connectivity index (χ4n) is 2.37. The van der Waals surface area contributed by atoms with Gasteiger partial charge in [0, 0.05) is 18.7 Å². The maximum absolute atomic E-state index is 12.5. The smallest absolute Gasteiger partial charge is 0.362 e. The first-order valence-electron chi connectivity index (χ1n) is 8.26. The SMILES string of the molecule is O=C(COCC(F)(F)F)Nc1cccc(S(=O)(=O)NC2=NCCCCC2)c1. The van der Waals surface area contributed by atoms with Gasteiger partial charge in [-0.3, -0.25) is 14.5 Å². The highest BCUT2D eigenvalue weighted by atomic mass is 32.2. The molecule has 7 nitrogen and oxygen atoms in total. The number of halogens is 3. The van der Waals surface area contributed by atoms with Crippen molar-refractivity contribution >= 4 is 27.5 Å². The normalized spacial score (nSPS) is 15.6. The highest BCUT2D eigenvalue weighted by Gasteiger charge is 2.27. The van der Waals surface area contributed by atoms with Crippen LogP contribution in [0.15, 0.2) is 34.2 Å². The van der Waals surface area contributed by atoms with Crippen LogP contribution in [0.5, 0.6) is 0 Å². The molecule has 0 fully saturated rings. The Morgan fingerprint density at radius 1 is 1.22 bits per heavy atom. The van der Waals surface area contributed by atoms with Crippen LogP contribution in [0.3, 0.4) is 0 Å². The molecule has 0 saturated carbocycles. The zero-order valence-corrected chi connectivity index (χ0v) is 15.2. The molecule has 0 aliphatic carbocycles. The monoisotopic (exact) mass is 407 g/mol. The molecule has 0 aromatic heterocycles. The highest BCUT2D eigenvalue weighted by molar-refractivity contribution is 7.90. The molecule has 0 bridgehead atoms. The molecule has 150 valence electrons. The molecule has 1 aromatic carbocycles. The molecular weight excluding hydrogens is 387 g/mol. The molecule has 2 rings (SSSR count). The molecule has 2 N–H and O–H groups in total. The summed E-state index contributed by atoms with van der Waals surface area (Å²) in [4.78, 5) is 15.7. The van der Waals surface area contributed by atoms with Crippen molar-refractivity contribution in [1.82, 2.24) is 4.72 Å². The third kappa shape index (κ3) is 7.55. The maximum atomic E-state index is 12.5. The van der Waals surface area contributed by atoms with Gasteiger partial charge in [0.05, 0.1) is 4.90 Å². The van der Waals surface area contributed by atoms with Crippen molar-refractivity contribution in [3.8, 4) is 0 Å². The van der Waals surface area contributed by atoms with Crippen LogP contribution in [0.2, 0.25) is 0 Å². The van der Waals surface area contributed by atoms with Crippen molar-refractivity contribution in [1.29, 1.82) is 0 Å². The summed E-state index contributed by atoms with van der Waals surface area (Å²) in [6, 6.07) is 5.39. The fourth-order valence-corrected chi connectivity index (χ4v) is 3.50. The fraction of sp³-hybridized carbons (Fsp3) is 0.500. The second-order valence-electron chi connectivity index (χ2n) is 5.93. The Balaban J connectivity index is 1.99. The lowest BCUT2D eigenvalue weighted by Crippen LogP contribution is -2.30. The van der Waals surface area contributed by atoms with Gasteiger partial charge in [-0.25, -0.2) is 8.42 Å². The van der Waals surface area contributed by atoms with E-state index in [9.17, 15) is 26.4 Å². The van der Waals surface area contributed by atoms with Crippen LogP contribution in [0.4, 0.5) is 18.9 Å². The number of hydrogen-bond acceptors (Lipinski definition) is 5. The van der Waals surface area contributed by atoms with E-state index in [4.69, 9.17) is 0 Å². The van der Waals surface area contributed by atoms with Gasteiger partial charge in [-0.15, -0.1) is 0 Å². The van der Waals surface area contributed by atoms with E-state index in [1.165, 1.54) is 24.3 Å². The van der Waals surface area contributed by atoms with E-state index in [1.54, 1.807) is 0 Å². The molecule has 0 unspecified atom stereocenters. The second kappa shape index (κ2) is 9.18. The number of carbonyl (C=O) groups is 1. The van der Waals surface area contributed by atoms with E-state index in [0.29, 0.717) is 18.8 Å². The average Bonchev–Trinajstić information content (AvgIpc) is 2.82. The van der Waals surface area contributed by atoms with Crippen molar-refractivity contribution in [3.05, 3.63) is 24.3 Å². The number of alkyl halides is 3. The molecule has 11 heteroatoms. The number of amides is 1. The number of sulfonamides is 1. The van der Waals surface area contributed by atoms with E-state index in [0.717, 1.165) is 19.3 Å². The molecular formula is C16H20F3N3O4S. The number of benzene rings is 1. The van der Waals surface area contributed by atoms with E-state index < -0.39 is 35.3 Å². The minimum atomic E-state index is -4.53. The molecule has 0 saturated heterocycles. The van der Waals surface area contributed by atoms with E-state index in [2.05, 4.69) is 19.8 Å². The first kappa shape index (κ1) is 21.2. The van der Waals surface area contributed by atoms with Gasteiger partial charge in [-0.05, 0) is 31.0 Å². The minimum Gasteiger partial charge on any atom is -0.362 e. The Morgan fingerprint density at radius 2 is 2.00 bits per heavy atom. The minimum absolute atomic E-state index is 0.0940. The van der Waals surface area contributed by atoms with Gasteiger partial charge in [0.2, 0.25) is 5.91 Å². The van der Waals surface area contributed by atoms with Crippen molar-refractivity contribution in [2.24, 2.45) is 4.99 Å². The standard InChI is InChI=1S/C16H20F3N3O4S/c17-16(18,19)11-26-10-15(23)21-12-5-4-6-13(9-12)27(24,25)22-14-7-2-1-3-8-20-14/h4-6,9H,1-3,7-8,10-11H2,(H,20,22)(H,21,23). The van der Waals surface area contributed by atoms with Gasteiger partial charge in [-0.2, -0.15) is 13.2 Å². The molecule has 27 heavy (non-hydrogen) atoms. The van der Waals surface area contributed by atoms with Crippen LogP contribution in [-0.4, -0.2) is 46.1 Å². The van der Waals surface area contributed by atoms with Crippen molar-refractivity contribution in [3.63, 3.8) is 0 Å². The number of nitrogens with zero attached hydrogens (tertiary/aromatic N) is 1. The van der Waals surface area contributed by atoms with Crippen molar-refractivity contribution in [2.75, 3.05) is 25.1 Å². The van der Waals surface area contributed by atoms with Crippen LogP contribution in [0.1, 0.15) is 25.7 Å². The Kier molecular flexibility index (Phi) is 7.19. The Morgan fingerprint density at radius 3 is 2.74 bits per heavy atom. The predicted molar refractivity (Wildman–Crippen MR) is 93.0 cm³/mol. The molecule has 1 aliphatic rings. The number of amidine groups is 1. The summed E-state index contributed by atoms with van der Waals surface area (Å²) < 4.78 is 67.6. The summed E-state index contributed by atoms with van der Waals surface area (Å²) in [6.07, 6.45) is -1.27. The van der Waals surface area contributed by atoms with Gasteiger partial charge in [-0.1, -0.05) is 12.5 Å². The zero-order valence-electron chi connectivity index (χ0n) is 14.4. The Bertz CT molecular complexity index is 794. The molecule has 1 aromatic rings. The van der Waals surface area contributed by atoms with E-state index in [1.807, 2.05) is 0 Å². The maximum Gasteiger partial charge on any atom is 0.411 e. The summed E-state index contributed by atoms with van der Waals surface area (Å²) in [7, 11) is -3.88. The predicted octanol–water partition coefficient (Wildman–Crippen LogP) is 2.45. The van der Waals surface area contributed by atoms with Gasteiger partial charge < -0.3 is 10.1 Å². The summed E-state index contributed by atoms with van der Waals surface area (Å²) >= 11 is 0. The lowest BCUT2D eigenvalue weighted by Gasteiger charge is -2.12. The third-order valence-electron chi connectivity index (χ3n) is 3.55. The van der Waals surface area contributed by atoms with Gasteiger partial charge in [0.25, 0.3) is 10.0 Å². The third-order valence-corrected chi connectivity index (χ3v) is 4.93. The van der Waals surface area contributed by atoms with Gasteiger partial charge in [0.15, 0.2) is 0 Å². The lowest BCUT2D eigenvalue weighted by atomic mass is 10.2. The van der Waals surface area contributed by atoms with Crippen LogP contribution < -0.4 is 10.0 Å². The lowest BCUT2D eigenvalue weighted by molar-refractivity contribution is -0.174. The molecule has 1 heterocycles. The number of ether oxygens (including phenoxy) is 1. The first-order chi connectivity index (χ1) is 12.7. The van der Waals surface area contributed by atoms with Crippen LogP contribution in [-0.2, 0) is 19.6 Å². The summed E-state index contributed by atoms with van der Waals surface area (Å²) in [5, 5.41) is 2.30. The summed E-state index contributed by atoms with van der Waals surface area (Å²) in [6.45, 7) is -1.78. The largest absolute Gasteiger partial charge is 0.411 e. The molecule has 0 spiro atoms. The number of aliphatic imine (C=N–C) groups is 1. The topological polar surface area (TPSA) is 96.9 Å². The average molecular weight is 407 g/mol. The Labute approximate surface area is 155 Å². The van der Waals surface area contributed by atoms with E-state index in [-0.39, 0.29) is 10.6 Å². The summed E-state index contributed by atoms with van der Waals surface area (Å²) in [5.41, 5.74) is 0.126. The van der Waals surface area contributed by atoms with Crippen molar-refractivity contribution in [2.45, 2.75) is 36.8 Å². The van der Waals surface area contributed by atoms with Crippen LogP contribution in [0, 0.1) is 0 Å². The van der Waals surface area contributed by atoms with Crippen molar-refractivity contribution < 1.29 is 31.1 Å². The second-order valence-corrected chi connectivity index (χ2v) is 7.61. The number of hydrogen-bond donors (Lipinski definition) is 2. The van der Waals surface area contributed by atoms with Gasteiger partial charge >= 0.3 is 6.18 Å². The number of carbonyl (C=O) groups excluding carboxylic acids is 1. The van der Waals surface area contributed by atoms with Crippen LogP contribution >= 0.6 is 0 Å². The first-order valence-corrected chi connectivity index (χ1v) is 9.75. The quantitative estimate of drug-likeness (QED) is 0.757.